The van der Waals surface area contributed by atoms with Gasteiger partial charge in [0.1, 0.15) is 6.61 Å². The number of hydrogen-bond donors (Lipinski definition) is 0. The van der Waals surface area contributed by atoms with Crippen molar-refractivity contribution in [3.63, 3.8) is 0 Å². The number of methoxy groups -OCH3 is 1. The smallest absolute Gasteiger partial charge is 0.310 e. The van der Waals surface area contributed by atoms with Gasteiger partial charge in [-0.05, 0) is 116 Å². The molecule has 0 N–H and O–H groups in total. The van der Waals surface area contributed by atoms with E-state index >= 15 is 0 Å². The Kier molecular flexibility index (Phi) is 12.4. The fourth-order valence-electron chi connectivity index (χ4n) is 15.0. The molecule has 5 fully saturated rings. The lowest BCUT2D eigenvalue weighted by atomic mass is 9.34. The number of hydrogen-bond acceptors (Lipinski definition) is 7. The van der Waals surface area contributed by atoms with Crippen molar-refractivity contribution in [1.29, 1.82) is 0 Å². The lowest BCUT2D eigenvalue weighted by Gasteiger charge is -2.71. The van der Waals surface area contributed by atoms with Crippen LogP contribution in [0.5, 0.6) is 0 Å². The summed E-state index contributed by atoms with van der Waals surface area (Å²) in [5.74, 6) is 1.14. The van der Waals surface area contributed by atoms with Crippen LogP contribution in [0.15, 0.2) is 71.1 Å². The average Bonchev–Trinajstić information content (AvgIpc) is 3.25. The molecule has 1 unspecified atom stereocenters. The largest absolute Gasteiger partial charge is 0.461 e. The maximum absolute atomic E-state index is 14.9. The first kappa shape index (κ1) is 46.0. The average molecular weight is 872 g/mol. The van der Waals surface area contributed by atoms with Crippen LogP contribution >= 0.6 is 0 Å². The van der Waals surface area contributed by atoms with Crippen LogP contribution in [0, 0.1) is 63.6 Å². The number of esters is 1. The van der Waals surface area contributed by atoms with Crippen molar-refractivity contribution in [3.05, 3.63) is 77.4 Å². The molecule has 11 atom stereocenters. The highest BCUT2D eigenvalue weighted by Crippen LogP contribution is 2.75. The second-order valence-corrected chi connectivity index (χ2v) is 24.4. The summed E-state index contributed by atoms with van der Waals surface area (Å²) < 4.78 is 57.2. The van der Waals surface area contributed by atoms with Crippen LogP contribution in [-0.4, -0.2) is 70.4 Å². The quantitative estimate of drug-likeness (QED) is 0.155. The van der Waals surface area contributed by atoms with Crippen molar-refractivity contribution in [1.82, 2.24) is 4.31 Å². The third kappa shape index (κ3) is 7.11. The van der Waals surface area contributed by atoms with Gasteiger partial charge in [-0.25, -0.2) is 8.42 Å². The van der Waals surface area contributed by atoms with Gasteiger partial charge >= 0.3 is 5.97 Å². The van der Waals surface area contributed by atoms with Crippen molar-refractivity contribution < 1.29 is 32.2 Å². The summed E-state index contributed by atoms with van der Waals surface area (Å²) >= 11 is 0. The molecule has 1 aliphatic heterocycles. The van der Waals surface area contributed by atoms with Crippen LogP contribution < -0.4 is 0 Å². The summed E-state index contributed by atoms with van der Waals surface area (Å²) in [7, 11) is -0.151. The Bertz CT molecular complexity index is 2080. The first-order valence-electron chi connectivity index (χ1n) is 24.0. The van der Waals surface area contributed by atoms with E-state index in [1.165, 1.54) is 5.57 Å². The van der Waals surface area contributed by atoms with Crippen LogP contribution in [0.25, 0.3) is 0 Å². The number of carbonyl (C=O) groups is 1. The number of ether oxygens (including phenoxy) is 4. The Morgan fingerprint density at radius 3 is 2.24 bits per heavy atom. The summed E-state index contributed by atoms with van der Waals surface area (Å²) in [5.41, 5.74) is 1.78. The molecular formula is C53H77NO7S. The van der Waals surface area contributed by atoms with Gasteiger partial charge in [0.15, 0.2) is 0 Å². The molecule has 0 amide bonds. The van der Waals surface area contributed by atoms with E-state index in [0.717, 1.165) is 81.8 Å². The molecule has 1 saturated heterocycles. The van der Waals surface area contributed by atoms with Crippen LogP contribution in [-0.2, 0) is 40.4 Å². The standard InChI is InChI=1S/C53H77NO7S/c1-36(2)38(4)48(5)29-30-50(7)41-23-24-44-49(6)33-59-35-53(44,42(41)25-28-51(50,8)45(48)47(55)60-32-39-17-13-11-14-18-39)31-43(58-10)46(49)61-34-52(26-15-12-16-27-52)54(9)62(56,57)40-21-19-37(3)20-22-40/h11,13-14,17-22,25,36,38,41,43-46H,12,15-16,23-24,26-35H2,1-10H3/t38-,41+,43-,44+,45-,46+,48-,49?,50-,51+,53+/m1/s1. The Labute approximate surface area is 374 Å². The second-order valence-electron chi connectivity index (χ2n) is 22.4. The summed E-state index contributed by atoms with van der Waals surface area (Å²) in [6.45, 7) is 20.6. The van der Waals surface area contributed by atoms with E-state index in [2.05, 4.69) is 54.5 Å². The summed E-state index contributed by atoms with van der Waals surface area (Å²) in [6, 6.07) is 17.3. The van der Waals surface area contributed by atoms with Gasteiger partial charge in [0.25, 0.3) is 0 Å². The number of likely N-dealkylation sites (N-methyl/N-ethyl adjacent to an activating group) is 1. The minimum atomic E-state index is -3.75. The fourth-order valence-corrected chi connectivity index (χ4v) is 16.5. The molecule has 0 aromatic heterocycles. The Hall–Kier alpha value is -2.56. The molecule has 1 heterocycles. The normalized spacial score (nSPS) is 38.3. The van der Waals surface area contributed by atoms with Crippen molar-refractivity contribution >= 4 is 16.0 Å². The van der Waals surface area contributed by atoms with Crippen LogP contribution in [0.3, 0.4) is 0 Å². The van der Waals surface area contributed by atoms with Crippen molar-refractivity contribution in [2.45, 2.75) is 155 Å². The molecule has 6 aliphatic rings. The minimum Gasteiger partial charge on any atom is -0.461 e. The third-order valence-electron chi connectivity index (χ3n) is 19.2. The van der Waals surface area contributed by atoms with Gasteiger partial charge in [0.05, 0.1) is 48.4 Å². The highest BCUT2D eigenvalue weighted by molar-refractivity contribution is 7.89. The fraction of sp³-hybridized carbons (Fsp3) is 0.717. The highest BCUT2D eigenvalue weighted by Gasteiger charge is 2.72. The summed E-state index contributed by atoms with van der Waals surface area (Å²) in [4.78, 5) is 15.2. The van der Waals surface area contributed by atoms with Crippen LogP contribution in [0.1, 0.15) is 130 Å². The van der Waals surface area contributed by atoms with E-state index in [1.807, 2.05) is 56.5 Å². The van der Waals surface area contributed by atoms with E-state index < -0.39 is 15.6 Å². The monoisotopic (exact) mass is 872 g/mol. The number of carbonyl (C=O) groups excluding carboxylic acids is 1. The zero-order valence-electron chi connectivity index (χ0n) is 39.6. The minimum absolute atomic E-state index is 0.0419. The number of rotatable bonds is 12. The van der Waals surface area contributed by atoms with E-state index in [1.54, 1.807) is 23.5 Å². The molecule has 8 nitrogen and oxygen atoms in total. The van der Waals surface area contributed by atoms with E-state index in [0.29, 0.717) is 55.0 Å². The zero-order chi connectivity index (χ0) is 44.5. The lowest BCUT2D eigenvalue weighted by molar-refractivity contribution is -0.271. The maximum atomic E-state index is 14.9. The van der Waals surface area contributed by atoms with Gasteiger partial charge in [-0.2, -0.15) is 4.31 Å². The molecule has 62 heavy (non-hydrogen) atoms. The van der Waals surface area contributed by atoms with Gasteiger partial charge in [0.2, 0.25) is 10.0 Å². The molecule has 2 aromatic carbocycles. The lowest BCUT2D eigenvalue weighted by Crippen LogP contribution is -2.70. The number of nitrogens with zero attached hydrogens (tertiary/aromatic N) is 1. The topological polar surface area (TPSA) is 91.4 Å². The Morgan fingerprint density at radius 2 is 1.58 bits per heavy atom. The van der Waals surface area contributed by atoms with E-state index in [9.17, 15) is 13.2 Å². The molecule has 8 rings (SSSR count). The van der Waals surface area contributed by atoms with Gasteiger partial charge in [-0.1, -0.05) is 127 Å². The SMILES string of the molecule is CO[C@@H]1C[C@@]23COCC(C)([C@H]1OCC1(N(C)S(=O)(=O)c4ccc(C)cc4)CCCCC1)[C@@H]2CC[C@H]1C3=CC[C@@]2(C)[C@H](C(=O)OCc3ccccc3)[C@@](C)([C@H](C)C(C)C)CC[C@]12C. The predicted octanol–water partition coefficient (Wildman–Crippen LogP) is 11.0. The van der Waals surface area contributed by atoms with Crippen LogP contribution in [0.2, 0.25) is 0 Å². The number of benzene rings is 2. The number of sulfonamides is 1. The molecule has 2 bridgehead atoms. The molecule has 9 heteroatoms. The van der Waals surface area contributed by atoms with Crippen LogP contribution in [0.4, 0.5) is 0 Å². The van der Waals surface area contributed by atoms with E-state index in [-0.39, 0.29) is 51.2 Å². The van der Waals surface area contributed by atoms with E-state index in [4.69, 9.17) is 18.9 Å². The molecule has 4 saturated carbocycles. The number of fused-ring (bicyclic) bond motifs is 3. The Balaban J connectivity index is 1.11. The summed E-state index contributed by atoms with van der Waals surface area (Å²) in [5, 5.41) is 0. The molecule has 0 radical (unpaired) electrons. The van der Waals surface area contributed by atoms with Gasteiger partial charge in [-0.15, -0.1) is 0 Å². The molecule has 342 valence electrons. The maximum Gasteiger partial charge on any atom is 0.310 e. The van der Waals surface area contributed by atoms with Crippen molar-refractivity contribution in [2.24, 2.45) is 56.7 Å². The van der Waals surface area contributed by atoms with Gasteiger partial charge in [0, 0.05) is 25.0 Å². The van der Waals surface area contributed by atoms with Gasteiger partial charge < -0.3 is 18.9 Å². The zero-order valence-corrected chi connectivity index (χ0v) is 40.5. The predicted molar refractivity (Wildman–Crippen MR) is 245 cm³/mol. The first-order chi connectivity index (χ1) is 29.3. The molecular weight excluding hydrogens is 795 g/mol. The van der Waals surface area contributed by atoms with Crippen molar-refractivity contribution in [2.75, 3.05) is 34.0 Å². The molecule has 5 aliphatic carbocycles. The molecule has 0 spiro atoms. The number of allylic oxidation sites excluding steroid dienone is 1. The third-order valence-corrected chi connectivity index (χ3v) is 21.2. The Morgan fingerprint density at radius 1 is 0.887 bits per heavy atom. The molecule has 2 aromatic rings. The summed E-state index contributed by atoms with van der Waals surface area (Å²) in [6.07, 6.45) is 12.5. The highest BCUT2D eigenvalue weighted by atomic mass is 32.2. The second kappa shape index (κ2) is 16.7. The van der Waals surface area contributed by atoms with Gasteiger partial charge in [-0.3, -0.25) is 4.79 Å². The number of aryl methyl sites for hydroxylation is 1. The van der Waals surface area contributed by atoms with Crippen molar-refractivity contribution in [3.8, 4) is 0 Å². The first-order valence-corrected chi connectivity index (χ1v) is 25.5.